The van der Waals surface area contributed by atoms with Crippen LogP contribution in [0.4, 0.5) is 0 Å². The summed E-state index contributed by atoms with van der Waals surface area (Å²) in [5.41, 5.74) is 4.08. The molecular formula is C21H23N5O. The molecule has 27 heavy (non-hydrogen) atoms. The topological polar surface area (TPSA) is 63.1 Å². The van der Waals surface area contributed by atoms with Crippen molar-refractivity contribution in [1.82, 2.24) is 24.8 Å². The van der Waals surface area contributed by atoms with E-state index in [1.54, 1.807) is 0 Å². The van der Waals surface area contributed by atoms with Crippen LogP contribution >= 0.6 is 0 Å². The molecule has 1 saturated carbocycles. The summed E-state index contributed by atoms with van der Waals surface area (Å²) in [6.45, 7) is 2.16. The molecule has 0 bridgehead atoms. The van der Waals surface area contributed by atoms with Crippen LogP contribution in [0.25, 0.3) is 10.9 Å². The Morgan fingerprint density at radius 3 is 2.93 bits per heavy atom. The van der Waals surface area contributed by atoms with Crippen molar-refractivity contribution in [3.05, 3.63) is 59.8 Å². The molecule has 1 aromatic carbocycles. The molecule has 6 heteroatoms. The first-order valence-corrected chi connectivity index (χ1v) is 9.55. The standard InChI is InChI=1S/C21H23N5O/c1-25-13-22-19-12-26(11-17(20(19)25)21(27)24-15-8-9-15)10-16-7-6-14-4-2-3-5-18(14)23-16/h2-7,13,15,17H,8-12H2,1H3,(H,24,27). The molecule has 2 aromatic heterocycles. The lowest BCUT2D eigenvalue weighted by atomic mass is 9.97. The van der Waals surface area contributed by atoms with Crippen molar-refractivity contribution in [2.75, 3.05) is 6.54 Å². The van der Waals surface area contributed by atoms with Gasteiger partial charge in [-0.3, -0.25) is 14.7 Å². The first-order valence-electron chi connectivity index (χ1n) is 9.55. The number of fused-ring (bicyclic) bond motifs is 2. The van der Waals surface area contributed by atoms with E-state index in [1.807, 2.05) is 36.1 Å². The smallest absolute Gasteiger partial charge is 0.230 e. The fraction of sp³-hybridized carbons (Fsp3) is 0.381. The van der Waals surface area contributed by atoms with Crippen LogP contribution in [0.3, 0.4) is 0 Å². The van der Waals surface area contributed by atoms with E-state index >= 15 is 0 Å². The number of pyridine rings is 1. The van der Waals surface area contributed by atoms with Gasteiger partial charge in [0.25, 0.3) is 0 Å². The second kappa shape index (κ2) is 6.46. The molecule has 1 aliphatic heterocycles. The minimum atomic E-state index is -0.178. The maximum Gasteiger partial charge on any atom is 0.230 e. The summed E-state index contributed by atoms with van der Waals surface area (Å²) in [4.78, 5) is 24.5. The first-order chi connectivity index (χ1) is 13.2. The van der Waals surface area contributed by atoms with Gasteiger partial charge in [-0.1, -0.05) is 24.3 Å². The van der Waals surface area contributed by atoms with E-state index in [0.717, 1.165) is 47.4 Å². The Labute approximate surface area is 158 Å². The Morgan fingerprint density at radius 1 is 1.22 bits per heavy atom. The van der Waals surface area contributed by atoms with E-state index in [9.17, 15) is 4.79 Å². The number of para-hydroxylation sites is 1. The van der Waals surface area contributed by atoms with Crippen LogP contribution in [-0.2, 0) is 24.9 Å². The first kappa shape index (κ1) is 16.4. The number of nitrogens with one attached hydrogen (secondary N) is 1. The predicted octanol–water partition coefficient (Wildman–Crippen LogP) is 2.35. The minimum Gasteiger partial charge on any atom is -0.353 e. The van der Waals surface area contributed by atoms with Crippen LogP contribution in [0.5, 0.6) is 0 Å². The Bertz CT molecular complexity index is 1010. The second-order valence-electron chi connectivity index (χ2n) is 7.69. The fourth-order valence-corrected chi connectivity index (χ4v) is 3.96. The van der Waals surface area contributed by atoms with Gasteiger partial charge in [0.05, 0.1) is 34.8 Å². The summed E-state index contributed by atoms with van der Waals surface area (Å²) in [6, 6.07) is 12.7. The van der Waals surface area contributed by atoms with Gasteiger partial charge in [0.15, 0.2) is 0 Å². The lowest BCUT2D eigenvalue weighted by Gasteiger charge is -2.32. The quantitative estimate of drug-likeness (QED) is 0.775. The van der Waals surface area contributed by atoms with Gasteiger partial charge in [-0.05, 0) is 25.0 Å². The normalized spacial score (nSPS) is 19.8. The number of nitrogens with zero attached hydrogens (tertiary/aromatic N) is 4. The zero-order valence-electron chi connectivity index (χ0n) is 15.4. The minimum absolute atomic E-state index is 0.124. The van der Waals surface area contributed by atoms with Crippen LogP contribution in [0, 0.1) is 0 Å². The fourth-order valence-electron chi connectivity index (χ4n) is 3.96. The highest BCUT2D eigenvalue weighted by Crippen LogP contribution is 2.30. The van der Waals surface area contributed by atoms with Crippen molar-refractivity contribution in [3.63, 3.8) is 0 Å². The lowest BCUT2D eigenvalue weighted by Crippen LogP contribution is -2.42. The van der Waals surface area contributed by atoms with Gasteiger partial charge in [-0.25, -0.2) is 4.98 Å². The molecule has 5 rings (SSSR count). The zero-order chi connectivity index (χ0) is 18.4. The van der Waals surface area contributed by atoms with Crippen molar-refractivity contribution in [2.24, 2.45) is 7.05 Å². The van der Waals surface area contributed by atoms with Gasteiger partial charge in [-0.15, -0.1) is 0 Å². The third-order valence-corrected chi connectivity index (χ3v) is 5.49. The Balaban J connectivity index is 1.40. The molecule has 1 unspecified atom stereocenters. The number of imidazole rings is 1. The van der Waals surface area contributed by atoms with Crippen LogP contribution < -0.4 is 5.32 Å². The van der Waals surface area contributed by atoms with Crippen LogP contribution in [-0.4, -0.2) is 37.9 Å². The second-order valence-corrected chi connectivity index (χ2v) is 7.69. The summed E-state index contributed by atoms with van der Waals surface area (Å²) in [5, 5.41) is 4.31. The maximum absolute atomic E-state index is 12.8. The molecule has 6 nitrogen and oxygen atoms in total. The van der Waals surface area contributed by atoms with E-state index < -0.39 is 0 Å². The van der Waals surface area contributed by atoms with Crippen LogP contribution in [0.15, 0.2) is 42.7 Å². The highest BCUT2D eigenvalue weighted by atomic mass is 16.2. The molecule has 138 valence electrons. The summed E-state index contributed by atoms with van der Waals surface area (Å²) >= 11 is 0. The van der Waals surface area contributed by atoms with Crippen LogP contribution in [0.2, 0.25) is 0 Å². The van der Waals surface area contributed by atoms with Gasteiger partial charge in [0.1, 0.15) is 0 Å². The van der Waals surface area contributed by atoms with E-state index in [1.165, 1.54) is 0 Å². The molecular weight excluding hydrogens is 338 g/mol. The van der Waals surface area contributed by atoms with Crippen molar-refractivity contribution in [3.8, 4) is 0 Å². The van der Waals surface area contributed by atoms with Crippen LogP contribution in [0.1, 0.15) is 35.8 Å². The largest absolute Gasteiger partial charge is 0.353 e. The van der Waals surface area contributed by atoms with Crippen molar-refractivity contribution in [1.29, 1.82) is 0 Å². The number of hydrogen-bond acceptors (Lipinski definition) is 4. The number of carbonyl (C=O) groups excluding carboxylic acids is 1. The Kier molecular flexibility index (Phi) is 3.93. The third-order valence-electron chi connectivity index (χ3n) is 5.49. The molecule has 1 aliphatic carbocycles. The molecule has 1 atom stereocenters. The highest BCUT2D eigenvalue weighted by Gasteiger charge is 2.36. The lowest BCUT2D eigenvalue weighted by molar-refractivity contribution is -0.123. The van der Waals surface area contributed by atoms with Gasteiger partial charge in [0, 0.05) is 38.1 Å². The van der Waals surface area contributed by atoms with E-state index in [2.05, 4.69) is 33.4 Å². The third kappa shape index (κ3) is 3.21. The van der Waals surface area contributed by atoms with E-state index in [4.69, 9.17) is 4.98 Å². The average molecular weight is 361 g/mol. The monoisotopic (exact) mass is 361 g/mol. The molecule has 3 aromatic rings. The van der Waals surface area contributed by atoms with Crippen molar-refractivity contribution < 1.29 is 4.79 Å². The Hall–Kier alpha value is -2.73. The maximum atomic E-state index is 12.8. The molecule has 0 spiro atoms. The summed E-state index contributed by atoms with van der Waals surface area (Å²) in [6.07, 6.45) is 4.02. The highest BCUT2D eigenvalue weighted by molar-refractivity contribution is 5.84. The molecule has 0 radical (unpaired) electrons. The van der Waals surface area contributed by atoms with Gasteiger partial charge >= 0.3 is 0 Å². The number of amides is 1. The number of aryl methyl sites for hydroxylation is 1. The van der Waals surface area contributed by atoms with E-state index in [0.29, 0.717) is 19.1 Å². The van der Waals surface area contributed by atoms with E-state index in [-0.39, 0.29) is 11.8 Å². The molecule has 1 N–H and O–H groups in total. The number of hydrogen-bond donors (Lipinski definition) is 1. The Morgan fingerprint density at radius 2 is 2.07 bits per heavy atom. The van der Waals surface area contributed by atoms with Gasteiger partial charge in [0.2, 0.25) is 5.91 Å². The average Bonchev–Trinajstić information content (AvgIpc) is 3.42. The molecule has 3 heterocycles. The predicted molar refractivity (Wildman–Crippen MR) is 103 cm³/mol. The zero-order valence-corrected chi connectivity index (χ0v) is 15.4. The van der Waals surface area contributed by atoms with Gasteiger partial charge < -0.3 is 9.88 Å². The summed E-state index contributed by atoms with van der Waals surface area (Å²) in [5.74, 6) is -0.0548. The van der Waals surface area contributed by atoms with Crippen molar-refractivity contribution in [2.45, 2.75) is 37.9 Å². The number of aromatic nitrogens is 3. The molecule has 0 saturated heterocycles. The number of benzene rings is 1. The SMILES string of the molecule is Cn1cnc2c1C(C(=O)NC1CC1)CN(Cc1ccc3ccccc3n1)C2. The summed E-state index contributed by atoms with van der Waals surface area (Å²) < 4.78 is 2.00. The van der Waals surface area contributed by atoms with Gasteiger partial charge in [-0.2, -0.15) is 0 Å². The molecule has 2 aliphatic rings. The molecule has 1 amide bonds. The van der Waals surface area contributed by atoms with Crippen molar-refractivity contribution >= 4 is 16.8 Å². The summed E-state index contributed by atoms with van der Waals surface area (Å²) in [7, 11) is 1.98. The number of carbonyl (C=O) groups is 1. The number of rotatable bonds is 4. The molecule has 1 fully saturated rings.